The van der Waals surface area contributed by atoms with Gasteiger partial charge in [0, 0.05) is 68.7 Å². The molecule has 9 rings (SSSR count). The summed E-state index contributed by atoms with van der Waals surface area (Å²) in [7, 11) is 0. The van der Waals surface area contributed by atoms with Crippen molar-refractivity contribution in [2.45, 2.75) is 12.0 Å². The zero-order valence-electron chi connectivity index (χ0n) is 24.7. The Hall–Kier alpha value is -5.87. The summed E-state index contributed by atoms with van der Waals surface area (Å²) in [4.78, 5) is 6.95. The lowest BCUT2D eigenvalue weighted by Gasteiger charge is -2.27. The van der Waals surface area contributed by atoms with Gasteiger partial charge in [0.1, 0.15) is 0 Å². The Morgan fingerprint density at radius 1 is 0.578 bits per heavy atom. The lowest BCUT2D eigenvalue weighted by atomic mass is 9.96. The quantitative estimate of drug-likeness (QED) is 0.190. The summed E-state index contributed by atoms with van der Waals surface area (Å²) in [5.41, 5.74) is 9.46. The molecular formula is C41H30N4. The Morgan fingerprint density at radius 2 is 1.09 bits per heavy atom. The molecule has 4 heteroatoms. The topological polar surface area (TPSA) is 26.0 Å². The normalized spacial score (nSPS) is 16.4. The Morgan fingerprint density at radius 3 is 1.67 bits per heavy atom. The van der Waals surface area contributed by atoms with Crippen molar-refractivity contribution in [2.24, 2.45) is 0 Å². The van der Waals surface area contributed by atoms with Crippen LogP contribution in [-0.4, -0.2) is 20.2 Å². The molecule has 0 saturated heterocycles. The minimum atomic E-state index is 0.0348. The smallest absolute Gasteiger partial charge is 0.0625 e. The summed E-state index contributed by atoms with van der Waals surface area (Å²) in [6, 6.07) is 45.6. The maximum Gasteiger partial charge on any atom is 0.0625 e. The van der Waals surface area contributed by atoms with Crippen LogP contribution in [0.4, 0.5) is 11.4 Å². The molecule has 2 atom stereocenters. The van der Waals surface area contributed by atoms with E-state index in [0.29, 0.717) is 0 Å². The van der Waals surface area contributed by atoms with Gasteiger partial charge >= 0.3 is 0 Å². The molecule has 5 aromatic carbocycles. The van der Waals surface area contributed by atoms with Crippen molar-refractivity contribution in [2.75, 3.05) is 4.90 Å². The summed E-state index contributed by atoms with van der Waals surface area (Å²) in [6.45, 7) is 4.32. The molecule has 0 aliphatic carbocycles. The van der Waals surface area contributed by atoms with Crippen LogP contribution in [0.25, 0.3) is 55.5 Å². The monoisotopic (exact) mass is 578 g/mol. The lowest BCUT2D eigenvalue weighted by molar-refractivity contribution is 0.753. The second kappa shape index (κ2) is 10.1. The number of anilines is 2. The molecule has 45 heavy (non-hydrogen) atoms. The van der Waals surface area contributed by atoms with Gasteiger partial charge in [-0.05, 0) is 54.6 Å². The first kappa shape index (κ1) is 25.6. The first-order chi connectivity index (χ1) is 22.3. The van der Waals surface area contributed by atoms with Crippen molar-refractivity contribution in [3.8, 4) is 5.69 Å². The van der Waals surface area contributed by atoms with Crippen LogP contribution in [0.2, 0.25) is 0 Å². The molecule has 0 N–H and O–H groups in total. The number of para-hydroxylation sites is 4. The highest BCUT2D eigenvalue weighted by atomic mass is 15.2. The van der Waals surface area contributed by atoms with E-state index in [-0.39, 0.29) is 12.0 Å². The number of hydrogen-bond acceptors (Lipinski definition) is 2. The average Bonchev–Trinajstić information content (AvgIpc) is 3.73. The van der Waals surface area contributed by atoms with Crippen LogP contribution >= 0.6 is 0 Å². The van der Waals surface area contributed by atoms with E-state index in [1.165, 1.54) is 49.2 Å². The molecular weight excluding hydrogens is 548 g/mol. The zero-order chi connectivity index (χ0) is 29.9. The van der Waals surface area contributed by atoms with Gasteiger partial charge in [0.05, 0.1) is 28.1 Å². The van der Waals surface area contributed by atoms with Crippen molar-refractivity contribution in [3.05, 3.63) is 164 Å². The average molecular weight is 579 g/mol. The van der Waals surface area contributed by atoms with E-state index in [1.807, 2.05) is 12.4 Å². The number of pyridine rings is 1. The van der Waals surface area contributed by atoms with Crippen molar-refractivity contribution < 1.29 is 0 Å². The van der Waals surface area contributed by atoms with Crippen LogP contribution in [0.1, 0.15) is 11.5 Å². The number of rotatable bonds is 5. The summed E-state index contributed by atoms with van der Waals surface area (Å²) in [5, 5.41) is 5.05. The fraction of sp³-hybridized carbons (Fsp3) is 0.0488. The van der Waals surface area contributed by atoms with Crippen LogP contribution in [0.15, 0.2) is 159 Å². The zero-order valence-corrected chi connectivity index (χ0v) is 24.7. The number of nitrogens with zero attached hydrogens (tertiary/aromatic N) is 4. The van der Waals surface area contributed by atoms with Gasteiger partial charge in [-0.2, -0.15) is 0 Å². The second-order valence-electron chi connectivity index (χ2n) is 11.7. The van der Waals surface area contributed by atoms with E-state index >= 15 is 0 Å². The fourth-order valence-electron chi connectivity index (χ4n) is 7.42. The Labute approximate surface area is 261 Å². The molecule has 3 aromatic heterocycles. The molecule has 1 aliphatic rings. The molecule has 8 aromatic rings. The molecule has 2 unspecified atom stereocenters. The van der Waals surface area contributed by atoms with Gasteiger partial charge in [0.2, 0.25) is 0 Å². The van der Waals surface area contributed by atoms with E-state index < -0.39 is 0 Å². The molecule has 0 saturated carbocycles. The molecule has 214 valence electrons. The number of aromatic nitrogens is 3. The largest absolute Gasteiger partial charge is 0.333 e. The van der Waals surface area contributed by atoms with E-state index in [2.05, 4.69) is 171 Å². The molecule has 4 nitrogen and oxygen atoms in total. The summed E-state index contributed by atoms with van der Waals surface area (Å²) in [5.74, 6) is 0.0862. The summed E-state index contributed by atoms with van der Waals surface area (Å²) in [6.07, 6.45) is 10.5. The third-order valence-corrected chi connectivity index (χ3v) is 9.38. The minimum absolute atomic E-state index is 0.0348. The number of fused-ring (bicyclic) bond motifs is 7. The van der Waals surface area contributed by atoms with Gasteiger partial charge < -0.3 is 14.0 Å². The highest BCUT2D eigenvalue weighted by molar-refractivity contribution is 6.10. The Balaban J connectivity index is 1.13. The van der Waals surface area contributed by atoms with Crippen LogP contribution in [0.5, 0.6) is 0 Å². The number of benzene rings is 5. The lowest BCUT2D eigenvalue weighted by Crippen LogP contribution is -2.27. The van der Waals surface area contributed by atoms with Crippen LogP contribution < -0.4 is 4.90 Å². The second-order valence-corrected chi connectivity index (χ2v) is 11.7. The predicted octanol–water partition coefficient (Wildman–Crippen LogP) is 10.2. The SMILES string of the molecule is C=CC1C(/C=C/n2c3ccccc3c3ccccc32)c2cnccc2N1c1ccc(-n2c3ccccc3c3ccccc32)cc1. The Kier molecular flexibility index (Phi) is 5.75. The Bertz CT molecular complexity index is 2320. The van der Waals surface area contributed by atoms with Gasteiger partial charge in [-0.25, -0.2) is 0 Å². The molecule has 0 bridgehead atoms. The fourth-order valence-corrected chi connectivity index (χ4v) is 7.42. The van der Waals surface area contributed by atoms with Crippen molar-refractivity contribution in [1.82, 2.24) is 14.1 Å². The van der Waals surface area contributed by atoms with E-state index in [4.69, 9.17) is 0 Å². The summed E-state index contributed by atoms with van der Waals surface area (Å²) < 4.78 is 4.67. The van der Waals surface area contributed by atoms with E-state index in [0.717, 1.165) is 17.1 Å². The van der Waals surface area contributed by atoms with Gasteiger partial charge in [0.25, 0.3) is 0 Å². The maximum atomic E-state index is 4.55. The van der Waals surface area contributed by atoms with Crippen molar-refractivity contribution in [1.29, 1.82) is 0 Å². The molecule has 1 aliphatic heterocycles. The molecule has 0 spiro atoms. The van der Waals surface area contributed by atoms with E-state index in [9.17, 15) is 0 Å². The standard InChI is InChI=1S/C41H30N4/c1-2-36-34(24-26-43-37-15-7-3-11-30(37)31-12-4-8-16-38(31)43)35-27-42-25-23-41(35)44(36)28-19-21-29(22-20-28)45-39-17-9-5-13-32(39)33-14-6-10-18-40(33)45/h2-27,34,36H,1H2/b26-24+. The van der Waals surface area contributed by atoms with Crippen molar-refractivity contribution in [3.63, 3.8) is 0 Å². The van der Waals surface area contributed by atoms with Gasteiger partial charge in [0.15, 0.2) is 0 Å². The van der Waals surface area contributed by atoms with Gasteiger partial charge in [-0.3, -0.25) is 4.98 Å². The van der Waals surface area contributed by atoms with Crippen LogP contribution in [0.3, 0.4) is 0 Å². The third kappa shape index (κ3) is 3.82. The number of hydrogen-bond donors (Lipinski definition) is 0. The maximum absolute atomic E-state index is 4.55. The minimum Gasteiger partial charge on any atom is -0.333 e. The first-order valence-corrected chi connectivity index (χ1v) is 15.4. The molecule has 0 radical (unpaired) electrons. The predicted molar refractivity (Wildman–Crippen MR) is 189 cm³/mol. The van der Waals surface area contributed by atoms with Crippen LogP contribution in [-0.2, 0) is 0 Å². The highest BCUT2D eigenvalue weighted by Gasteiger charge is 2.36. The summed E-state index contributed by atoms with van der Waals surface area (Å²) >= 11 is 0. The third-order valence-electron chi connectivity index (χ3n) is 9.38. The molecule has 0 amide bonds. The first-order valence-electron chi connectivity index (χ1n) is 15.4. The molecule has 0 fully saturated rings. The van der Waals surface area contributed by atoms with E-state index in [1.54, 1.807) is 0 Å². The van der Waals surface area contributed by atoms with Crippen LogP contribution in [0, 0.1) is 0 Å². The van der Waals surface area contributed by atoms with Gasteiger partial charge in [-0.15, -0.1) is 6.58 Å². The van der Waals surface area contributed by atoms with Gasteiger partial charge in [-0.1, -0.05) is 84.9 Å². The molecule has 4 heterocycles. The van der Waals surface area contributed by atoms with Crippen molar-refractivity contribution >= 4 is 61.2 Å². The highest BCUT2D eigenvalue weighted by Crippen LogP contribution is 2.46.